The number of ether oxygens (including phenoxy) is 1. The SMILES string of the molecule is CCOc1ccc2[nH+]c(NCC[NH3+])c(C#N)cc2c1. The zero-order chi connectivity index (χ0) is 13.7. The highest BCUT2D eigenvalue weighted by Gasteiger charge is 2.12. The summed E-state index contributed by atoms with van der Waals surface area (Å²) >= 11 is 0. The first-order valence-corrected chi connectivity index (χ1v) is 6.34. The summed E-state index contributed by atoms with van der Waals surface area (Å²) in [4.78, 5) is 3.23. The number of nitrogens with one attached hydrogen (secondary N) is 2. The van der Waals surface area contributed by atoms with Crippen molar-refractivity contribution in [3.8, 4) is 11.8 Å². The number of anilines is 1. The quantitative estimate of drug-likeness (QED) is 0.822. The lowest BCUT2D eigenvalue weighted by molar-refractivity contribution is -0.364. The van der Waals surface area contributed by atoms with Crippen molar-refractivity contribution in [2.24, 2.45) is 0 Å². The molecule has 0 radical (unpaired) electrons. The van der Waals surface area contributed by atoms with Crippen LogP contribution in [0.5, 0.6) is 5.75 Å². The molecule has 0 aliphatic carbocycles. The van der Waals surface area contributed by atoms with Gasteiger partial charge in [-0.25, -0.2) is 4.98 Å². The predicted molar refractivity (Wildman–Crippen MR) is 72.6 cm³/mol. The first-order valence-electron chi connectivity index (χ1n) is 6.34. The van der Waals surface area contributed by atoms with Crippen LogP contribution in [0.15, 0.2) is 24.3 Å². The first kappa shape index (κ1) is 13.1. The van der Waals surface area contributed by atoms with Gasteiger partial charge in [-0.1, -0.05) is 0 Å². The molecule has 1 aromatic carbocycles. The minimum Gasteiger partial charge on any atom is -0.494 e. The number of nitrogens with zero attached hydrogens (tertiary/aromatic N) is 1. The molecule has 0 atom stereocenters. The van der Waals surface area contributed by atoms with Crippen LogP contribution in [0.3, 0.4) is 0 Å². The molecule has 0 spiro atoms. The number of pyridine rings is 1. The van der Waals surface area contributed by atoms with Gasteiger partial charge in [0.2, 0.25) is 0 Å². The summed E-state index contributed by atoms with van der Waals surface area (Å²) in [5, 5.41) is 13.3. The van der Waals surface area contributed by atoms with Crippen molar-refractivity contribution >= 4 is 16.7 Å². The molecule has 5 heteroatoms. The molecule has 2 rings (SSSR count). The van der Waals surface area contributed by atoms with Crippen molar-refractivity contribution in [3.63, 3.8) is 0 Å². The standard InChI is InChI=1S/C14H16N4O/c1-2-19-12-3-4-13-10(8-12)7-11(9-16)14(18-13)17-6-5-15/h3-4,7-8H,2,5-6,15H2,1H3,(H,17,18)/p+2. The Morgan fingerprint density at radius 2 is 2.26 bits per heavy atom. The highest BCUT2D eigenvalue weighted by atomic mass is 16.5. The molecule has 0 saturated heterocycles. The van der Waals surface area contributed by atoms with E-state index >= 15 is 0 Å². The van der Waals surface area contributed by atoms with Crippen LogP contribution < -0.4 is 20.8 Å². The molecule has 0 unspecified atom stereocenters. The maximum Gasteiger partial charge on any atom is 0.291 e. The van der Waals surface area contributed by atoms with Gasteiger partial charge in [0.05, 0.1) is 6.61 Å². The van der Waals surface area contributed by atoms with Crippen molar-refractivity contribution in [1.82, 2.24) is 0 Å². The molecule has 0 aliphatic heterocycles. The fraction of sp³-hybridized carbons (Fsp3) is 0.286. The number of benzene rings is 1. The first-order chi connectivity index (χ1) is 9.28. The van der Waals surface area contributed by atoms with Crippen molar-refractivity contribution in [2.75, 3.05) is 25.0 Å². The lowest BCUT2D eigenvalue weighted by atomic mass is 10.1. The molecule has 98 valence electrons. The molecule has 1 heterocycles. The Labute approximate surface area is 112 Å². The number of aromatic amines is 1. The Kier molecular flexibility index (Phi) is 4.16. The lowest BCUT2D eigenvalue weighted by Gasteiger charge is -2.05. The van der Waals surface area contributed by atoms with Gasteiger partial charge in [-0.05, 0) is 31.2 Å². The molecule has 1 aromatic heterocycles. The molecule has 5 N–H and O–H groups in total. The summed E-state index contributed by atoms with van der Waals surface area (Å²) in [6, 6.07) is 9.86. The van der Waals surface area contributed by atoms with Crippen LogP contribution in [-0.2, 0) is 0 Å². The highest BCUT2D eigenvalue weighted by molar-refractivity contribution is 5.80. The van der Waals surface area contributed by atoms with Crippen LogP contribution in [0.2, 0.25) is 0 Å². The Hall–Kier alpha value is -2.32. The molecule has 0 saturated carbocycles. The normalized spacial score (nSPS) is 10.2. The van der Waals surface area contributed by atoms with Gasteiger partial charge in [0.15, 0.2) is 0 Å². The van der Waals surface area contributed by atoms with E-state index in [9.17, 15) is 5.26 Å². The minimum absolute atomic E-state index is 0.592. The number of aromatic nitrogens is 1. The largest absolute Gasteiger partial charge is 0.494 e. The Morgan fingerprint density at radius 1 is 1.42 bits per heavy atom. The monoisotopic (exact) mass is 258 g/mol. The van der Waals surface area contributed by atoms with E-state index < -0.39 is 0 Å². The van der Waals surface area contributed by atoms with E-state index in [0.29, 0.717) is 12.2 Å². The molecular formula is C14H18N4O+2. The number of nitriles is 1. The van der Waals surface area contributed by atoms with Gasteiger partial charge in [0, 0.05) is 5.39 Å². The van der Waals surface area contributed by atoms with Crippen LogP contribution in [-0.4, -0.2) is 19.7 Å². The maximum atomic E-state index is 9.19. The van der Waals surface area contributed by atoms with E-state index in [1.54, 1.807) is 0 Å². The number of H-pyrrole nitrogens is 1. The van der Waals surface area contributed by atoms with E-state index in [4.69, 9.17) is 4.74 Å². The van der Waals surface area contributed by atoms with Gasteiger partial charge >= 0.3 is 0 Å². The van der Waals surface area contributed by atoms with Gasteiger partial charge in [0.1, 0.15) is 36.0 Å². The number of quaternary nitrogens is 1. The summed E-state index contributed by atoms with van der Waals surface area (Å²) in [7, 11) is 0. The van der Waals surface area contributed by atoms with E-state index in [-0.39, 0.29) is 0 Å². The zero-order valence-electron chi connectivity index (χ0n) is 11.0. The summed E-state index contributed by atoms with van der Waals surface area (Å²) < 4.78 is 5.46. The fourth-order valence-corrected chi connectivity index (χ4v) is 1.90. The second-order valence-electron chi connectivity index (χ2n) is 4.13. The van der Waals surface area contributed by atoms with E-state index in [2.05, 4.69) is 22.1 Å². The third kappa shape index (κ3) is 2.92. The summed E-state index contributed by atoms with van der Waals surface area (Å²) in [5.41, 5.74) is 5.33. The summed E-state index contributed by atoms with van der Waals surface area (Å²) in [6.07, 6.45) is 0. The Bertz CT molecular complexity index is 619. The topological polar surface area (TPSA) is 86.8 Å². The van der Waals surface area contributed by atoms with Gasteiger partial charge in [-0.15, -0.1) is 0 Å². The van der Waals surface area contributed by atoms with Crippen LogP contribution in [0.25, 0.3) is 10.9 Å². The molecule has 19 heavy (non-hydrogen) atoms. The van der Waals surface area contributed by atoms with Gasteiger partial charge in [-0.2, -0.15) is 5.26 Å². The average molecular weight is 258 g/mol. The number of hydrogen-bond donors (Lipinski definition) is 2. The molecular weight excluding hydrogens is 240 g/mol. The smallest absolute Gasteiger partial charge is 0.291 e. The highest BCUT2D eigenvalue weighted by Crippen LogP contribution is 2.21. The van der Waals surface area contributed by atoms with Gasteiger partial charge in [-0.3, -0.25) is 5.32 Å². The summed E-state index contributed by atoms with van der Waals surface area (Å²) in [6.45, 7) is 4.07. The average Bonchev–Trinajstić information content (AvgIpc) is 2.44. The zero-order valence-corrected chi connectivity index (χ0v) is 11.0. The molecule has 0 bridgehead atoms. The van der Waals surface area contributed by atoms with Crippen molar-refractivity contribution in [1.29, 1.82) is 5.26 Å². The van der Waals surface area contributed by atoms with Crippen LogP contribution in [0, 0.1) is 11.3 Å². The predicted octanol–water partition coefficient (Wildman–Crippen LogP) is 0.578. The maximum absolute atomic E-state index is 9.19. The third-order valence-corrected chi connectivity index (χ3v) is 2.76. The van der Waals surface area contributed by atoms with Crippen molar-refractivity contribution in [3.05, 3.63) is 29.8 Å². The lowest BCUT2D eigenvalue weighted by Crippen LogP contribution is -2.53. The number of rotatable bonds is 5. The minimum atomic E-state index is 0.592. The van der Waals surface area contributed by atoms with Crippen LogP contribution in [0.4, 0.5) is 5.82 Å². The molecule has 2 aromatic rings. The van der Waals surface area contributed by atoms with E-state index in [1.807, 2.05) is 31.2 Å². The molecule has 0 amide bonds. The molecule has 0 aliphatic rings. The van der Waals surface area contributed by atoms with E-state index in [0.717, 1.165) is 35.6 Å². The van der Waals surface area contributed by atoms with Crippen molar-refractivity contribution in [2.45, 2.75) is 6.92 Å². The second kappa shape index (κ2) is 6.03. The third-order valence-electron chi connectivity index (χ3n) is 2.76. The number of fused-ring (bicyclic) bond motifs is 1. The Morgan fingerprint density at radius 3 is 2.95 bits per heavy atom. The number of hydrogen-bond acceptors (Lipinski definition) is 3. The van der Waals surface area contributed by atoms with Crippen LogP contribution in [0.1, 0.15) is 12.5 Å². The molecule has 5 nitrogen and oxygen atoms in total. The summed E-state index contributed by atoms with van der Waals surface area (Å²) in [5.74, 6) is 1.55. The Balaban J connectivity index is 2.45. The van der Waals surface area contributed by atoms with Gasteiger partial charge in [0.25, 0.3) is 5.82 Å². The van der Waals surface area contributed by atoms with Gasteiger partial charge < -0.3 is 10.5 Å². The second-order valence-corrected chi connectivity index (χ2v) is 4.13. The van der Waals surface area contributed by atoms with Crippen LogP contribution >= 0.6 is 0 Å². The fourth-order valence-electron chi connectivity index (χ4n) is 1.90. The van der Waals surface area contributed by atoms with Crippen molar-refractivity contribution < 1.29 is 15.5 Å². The molecule has 0 fully saturated rings. The van der Waals surface area contributed by atoms with E-state index in [1.165, 1.54) is 0 Å².